The molecule has 0 bridgehead atoms. The smallest absolute Gasteiger partial charge is 0.00773 e. The van der Waals surface area contributed by atoms with E-state index in [0.717, 1.165) is 6.54 Å². The van der Waals surface area contributed by atoms with E-state index < -0.39 is 0 Å². The van der Waals surface area contributed by atoms with Gasteiger partial charge in [-0.2, -0.15) is 0 Å². The van der Waals surface area contributed by atoms with Crippen molar-refractivity contribution in [2.24, 2.45) is 5.73 Å². The van der Waals surface area contributed by atoms with Crippen molar-refractivity contribution in [3.8, 4) is 0 Å². The molecule has 0 aliphatic heterocycles. The number of unbranched alkanes of at least 4 members (excludes halogenated alkanes) is 4. The summed E-state index contributed by atoms with van der Waals surface area (Å²) in [6.07, 6.45) is 7.80. The molecule has 0 spiro atoms. The van der Waals surface area contributed by atoms with Crippen LogP contribution in [0.3, 0.4) is 0 Å². The van der Waals surface area contributed by atoms with Gasteiger partial charge in [0.1, 0.15) is 0 Å². The Morgan fingerprint density at radius 1 is 0.727 bits per heavy atom. The Labute approximate surface area is 72.4 Å². The SMILES string of the molecule is CCCC.CCCCCCN. The fourth-order valence-electron chi connectivity index (χ4n) is 0.571. The highest BCUT2D eigenvalue weighted by molar-refractivity contribution is 4.38. The molecule has 0 aromatic carbocycles. The van der Waals surface area contributed by atoms with Gasteiger partial charge in [0.05, 0.1) is 0 Å². The van der Waals surface area contributed by atoms with Crippen LogP contribution in [0.25, 0.3) is 0 Å². The maximum atomic E-state index is 5.27. The molecular formula is C10H25N. The summed E-state index contributed by atoms with van der Waals surface area (Å²) in [7, 11) is 0. The van der Waals surface area contributed by atoms with Crippen LogP contribution in [0.15, 0.2) is 0 Å². The minimum absolute atomic E-state index is 0.861. The van der Waals surface area contributed by atoms with Crippen LogP contribution in [0.2, 0.25) is 0 Å². The summed E-state index contributed by atoms with van der Waals surface area (Å²) in [6, 6.07) is 0. The average Bonchev–Trinajstić information content (AvgIpc) is 2.06. The lowest BCUT2D eigenvalue weighted by atomic mass is 10.2. The van der Waals surface area contributed by atoms with Gasteiger partial charge in [-0.25, -0.2) is 0 Å². The molecule has 0 aromatic rings. The lowest BCUT2D eigenvalue weighted by molar-refractivity contribution is 0.674. The summed E-state index contributed by atoms with van der Waals surface area (Å²) in [4.78, 5) is 0. The summed E-state index contributed by atoms with van der Waals surface area (Å²) >= 11 is 0. The van der Waals surface area contributed by atoms with Gasteiger partial charge < -0.3 is 5.73 Å². The Kier molecular flexibility index (Phi) is 20.3. The van der Waals surface area contributed by atoms with Gasteiger partial charge in [0.2, 0.25) is 0 Å². The van der Waals surface area contributed by atoms with Crippen molar-refractivity contribution in [3.05, 3.63) is 0 Å². The first-order valence-electron chi connectivity index (χ1n) is 5.03. The van der Waals surface area contributed by atoms with E-state index in [1.807, 2.05) is 0 Å². The van der Waals surface area contributed by atoms with Gasteiger partial charge in [-0.05, 0) is 13.0 Å². The predicted molar refractivity (Wildman–Crippen MR) is 53.8 cm³/mol. The molecule has 0 saturated carbocycles. The molecule has 0 heterocycles. The van der Waals surface area contributed by atoms with Crippen LogP contribution in [0.4, 0.5) is 0 Å². The van der Waals surface area contributed by atoms with E-state index in [1.165, 1.54) is 38.5 Å². The van der Waals surface area contributed by atoms with Crippen molar-refractivity contribution in [1.82, 2.24) is 0 Å². The molecule has 11 heavy (non-hydrogen) atoms. The van der Waals surface area contributed by atoms with Crippen LogP contribution in [0.5, 0.6) is 0 Å². The maximum Gasteiger partial charge on any atom is -0.00773 e. The van der Waals surface area contributed by atoms with E-state index >= 15 is 0 Å². The number of hydrogen-bond acceptors (Lipinski definition) is 1. The third-order valence-corrected chi connectivity index (χ3v) is 1.56. The van der Waals surface area contributed by atoms with Crippen LogP contribution in [0.1, 0.15) is 59.3 Å². The molecular weight excluding hydrogens is 134 g/mol. The molecule has 0 aromatic heterocycles. The quantitative estimate of drug-likeness (QED) is 0.612. The topological polar surface area (TPSA) is 26.0 Å². The largest absolute Gasteiger partial charge is 0.330 e. The van der Waals surface area contributed by atoms with E-state index in [0.29, 0.717) is 0 Å². The molecule has 1 nitrogen and oxygen atoms in total. The molecule has 0 atom stereocenters. The summed E-state index contributed by atoms with van der Waals surface area (Å²) in [5.41, 5.74) is 5.27. The van der Waals surface area contributed by atoms with E-state index in [-0.39, 0.29) is 0 Å². The highest BCUT2D eigenvalue weighted by atomic mass is 14.5. The Morgan fingerprint density at radius 3 is 1.55 bits per heavy atom. The monoisotopic (exact) mass is 159 g/mol. The molecule has 2 N–H and O–H groups in total. The molecule has 70 valence electrons. The molecule has 1 heteroatoms. The Hall–Kier alpha value is -0.0400. The zero-order valence-corrected chi connectivity index (χ0v) is 8.53. The summed E-state index contributed by atoms with van der Waals surface area (Å²) in [5, 5.41) is 0. The van der Waals surface area contributed by atoms with Crippen molar-refractivity contribution in [2.45, 2.75) is 59.3 Å². The number of rotatable bonds is 5. The van der Waals surface area contributed by atoms with Crippen LogP contribution >= 0.6 is 0 Å². The Morgan fingerprint density at radius 2 is 1.27 bits per heavy atom. The van der Waals surface area contributed by atoms with Crippen molar-refractivity contribution < 1.29 is 0 Å². The second-order valence-corrected chi connectivity index (χ2v) is 2.85. The van der Waals surface area contributed by atoms with E-state index in [2.05, 4.69) is 20.8 Å². The van der Waals surface area contributed by atoms with Gasteiger partial charge in [-0.3, -0.25) is 0 Å². The third kappa shape index (κ3) is 25.7. The van der Waals surface area contributed by atoms with Crippen LogP contribution in [-0.4, -0.2) is 6.54 Å². The van der Waals surface area contributed by atoms with Crippen molar-refractivity contribution in [2.75, 3.05) is 6.54 Å². The maximum absolute atomic E-state index is 5.27. The molecule has 0 unspecified atom stereocenters. The van der Waals surface area contributed by atoms with E-state index in [4.69, 9.17) is 5.73 Å². The highest BCUT2D eigenvalue weighted by Gasteiger charge is 1.80. The Bertz CT molecular complexity index is 38.1. The highest BCUT2D eigenvalue weighted by Crippen LogP contribution is 1.95. The second-order valence-electron chi connectivity index (χ2n) is 2.85. The van der Waals surface area contributed by atoms with Crippen molar-refractivity contribution in [1.29, 1.82) is 0 Å². The second kappa shape index (κ2) is 16.5. The number of hydrogen-bond donors (Lipinski definition) is 1. The minimum Gasteiger partial charge on any atom is -0.330 e. The zero-order valence-electron chi connectivity index (χ0n) is 8.53. The summed E-state index contributed by atoms with van der Waals surface area (Å²) in [6.45, 7) is 7.43. The minimum atomic E-state index is 0.861. The zero-order chi connectivity index (χ0) is 8.95. The summed E-state index contributed by atoms with van der Waals surface area (Å²) in [5.74, 6) is 0. The van der Waals surface area contributed by atoms with Gasteiger partial charge in [0.15, 0.2) is 0 Å². The summed E-state index contributed by atoms with van der Waals surface area (Å²) < 4.78 is 0. The first-order chi connectivity index (χ1) is 5.33. The van der Waals surface area contributed by atoms with Gasteiger partial charge >= 0.3 is 0 Å². The lowest BCUT2D eigenvalue weighted by Crippen LogP contribution is -1.97. The van der Waals surface area contributed by atoms with Gasteiger partial charge in [-0.1, -0.05) is 52.9 Å². The molecule has 0 aliphatic rings. The molecule has 0 rings (SSSR count). The van der Waals surface area contributed by atoms with Crippen LogP contribution in [-0.2, 0) is 0 Å². The Balaban J connectivity index is 0. The lowest BCUT2D eigenvalue weighted by Gasteiger charge is -1.90. The van der Waals surface area contributed by atoms with Crippen molar-refractivity contribution in [3.63, 3.8) is 0 Å². The van der Waals surface area contributed by atoms with Gasteiger partial charge in [0, 0.05) is 0 Å². The van der Waals surface area contributed by atoms with E-state index in [1.54, 1.807) is 0 Å². The first-order valence-corrected chi connectivity index (χ1v) is 5.03. The first kappa shape index (κ1) is 13.5. The third-order valence-electron chi connectivity index (χ3n) is 1.56. The normalized spacial score (nSPS) is 8.73. The molecule has 0 saturated heterocycles. The van der Waals surface area contributed by atoms with Gasteiger partial charge in [-0.15, -0.1) is 0 Å². The predicted octanol–water partition coefficient (Wildman–Crippen LogP) is 3.33. The molecule has 0 amide bonds. The molecule has 0 aliphatic carbocycles. The van der Waals surface area contributed by atoms with Crippen LogP contribution in [0, 0.1) is 0 Å². The van der Waals surface area contributed by atoms with Gasteiger partial charge in [0.25, 0.3) is 0 Å². The van der Waals surface area contributed by atoms with Crippen molar-refractivity contribution >= 4 is 0 Å². The van der Waals surface area contributed by atoms with Crippen LogP contribution < -0.4 is 5.73 Å². The van der Waals surface area contributed by atoms with E-state index in [9.17, 15) is 0 Å². The molecule has 0 radical (unpaired) electrons. The number of nitrogens with two attached hydrogens (primary N) is 1. The fourth-order valence-corrected chi connectivity index (χ4v) is 0.571. The standard InChI is InChI=1S/C6H15N.C4H10/c1-2-3-4-5-6-7;1-3-4-2/h2-7H2,1H3;3-4H2,1-2H3. The average molecular weight is 159 g/mol. The molecule has 0 fully saturated rings. The fraction of sp³-hybridized carbons (Fsp3) is 1.00.